The zero-order valence-corrected chi connectivity index (χ0v) is 14.7. The van der Waals surface area contributed by atoms with Crippen molar-refractivity contribution < 1.29 is 13.6 Å². The zero-order valence-electron chi connectivity index (χ0n) is 14.7. The van der Waals surface area contributed by atoms with E-state index in [1.54, 1.807) is 31.5 Å². The summed E-state index contributed by atoms with van der Waals surface area (Å²) < 4.78 is 27.2. The molecule has 1 aromatic carbocycles. The van der Waals surface area contributed by atoms with Crippen LogP contribution in [0, 0.1) is 0 Å². The third-order valence-electron chi connectivity index (χ3n) is 4.73. The summed E-state index contributed by atoms with van der Waals surface area (Å²) in [4.78, 5) is 12.5. The van der Waals surface area contributed by atoms with Crippen molar-refractivity contribution in [1.29, 1.82) is 0 Å². The van der Waals surface area contributed by atoms with Crippen molar-refractivity contribution in [2.45, 2.75) is 38.0 Å². The molecule has 0 spiro atoms. The maximum absolute atomic E-state index is 12.9. The van der Waals surface area contributed by atoms with Crippen molar-refractivity contribution in [3.8, 4) is 5.69 Å². The van der Waals surface area contributed by atoms with E-state index in [9.17, 15) is 13.6 Å². The Kier molecular flexibility index (Phi) is 4.47. The molecule has 1 saturated carbocycles. The minimum atomic E-state index is -2.54. The van der Waals surface area contributed by atoms with E-state index in [4.69, 9.17) is 0 Å². The first kappa shape index (κ1) is 17.4. The molecule has 1 aliphatic carbocycles. The van der Waals surface area contributed by atoms with Crippen molar-refractivity contribution in [2.24, 2.45) is 0 Å². The summed E-state index contributed by atoms with van der Waals surface area (Å²) in [6.45, 7) is 1.77. The molecule has 1 fully saturated rings. The minimum absolute atomic E-state index is 0.0685. The van der Waals surface area contributed by atoms with Crippen LogP contribution < -0.4 is 5.32 Å². The van der Waals surface area contributed by atoms with Crippen LogP contribution in [0.3, 0.4) is 0 Å². The SMILES string of the molecule is C[C@H](C(=O)Nc1cc(C2CC2)n[nH]1)c1cnn(-c2cccc(C(F)F)c2)c1. The standard InChI is InChI=1S/C19H19F2N5O/c1-11(19(27)23-17-8-16(24-25-17)12-5-6-12)14-9-22-26(10-14)15-4-2-3-13(7-15)18(20)21/h2-4,7-12,18H,5-6H2,1H3,(H2,23,24,25,27)/t11-/m0/s1. The summed E-state index contributed by atoms with van der Waals surface area (Å²) >= 11 is 0. The summed E-state index contributed by atoms with van der Waals surface area (Å²) in [7, 11) is 0. The predicted molar refractivity (Wildman–Crippen MR) is 96.1 cm³/mol. The van der Waals surface area contributed by atoms with E-state index in [0.29, 0.717) is 23.0 Å². The number of H-pyrrole nitrogens is 1. The molecule has 140 valence electrons. The molecule has 2 heterocycles. The van der Waals surface area contributed by atoms with E-state index in [-0.39, 0.29) is 11.5 Å². The van der Waals surface area contributed by atoms with Gasteiger partial charge in [0, 0.05) is 29.3 Å². The van der Waals surface area contributed by atoms with E-state index >= 15 is 0 Å². The first-order valence-corrected chi connectivity index (χ1v) is 8.80. The average molecular weight is 371 g/mol. The first-order chi connectivity index (χ1) is 13.0. The summed E-state index contributed by atoms with van der Waals surface area (Å²) in [5.74, 6) is 0.434. The Balaban J connectivity index is 1.46. The number of amides is 1. The van der Waals surface area contributed by atoms with Crippen LogP contribution in [-0.4, -0.2) is 25.9 Å². The highest BCUT2D eigenvalue weighted by Crippen LogP contribution is 2.39. The fraction of sp³-hybridized carbons (Fsp3) is 0.316. The number of halogens is 2. The molecular formula is C19H19F2N5O. The van der Waals surface area contributed by atoms with E-state index in [1.165, 1.54) is 16.8 Å². The second kappa shape index (κ2) is 6.94. The van der Waals surface area contributed by atoms with Gasteiger partial charge < -0.3 is 5.32 Å². The Morgan fingerprint density at radius 3 is 2.85 bits per heavy atom. The molecule has 8 heteroatoms. The normalized spacial score (nSPS) is 15.1. The van der Waals surface area contributed by atoms with Crippen molar-refractivity contribution in [1.82, 2.24) is 20.0 Å². The lowest BCUT2D eigenvalue weighted by Crippen LogP contribution is -2.18. The Labute approximate surface area is 154 Å². The second-order valence-corrected chi connectivity index (χ2v) is 6.81. The van der Waals surface area contributed by atoms with Crippen molar-refractivity contribution in [3.05, 3.63) is 59.5 Å². The van der Waals surface area contributed by atoms with Gasteiger partial charge in [-0.05, 0) is 31.9 Å². The minimum Gasteiger partial charge on any atom is -0.311 e. The Morgan fingerprint density at radius 2 is 2.11 bits per heavy atom. The molecule has 0 saturated heterocycles. The van der Waals surface area contributed by atoms with Gasteiger partial charge in [-0.25, -0.2) is 13.5 Å². The van der Waals surface area contributed by atoms with Crippen LogP contribution in [0.4, 0.5) is 14.6 Å². The van der Waals surface area contributed by atoms with Gasteiger partial charge in [-0.15, -0.1) is 0 Å². The molecule has 0 aliphatic heterocycles. The second-order valence-electron chi connectivity index (χ2n) is 6.81. The average Bonchev–Trinajstić information content (AvgIpc) is 3.21. The number of nitrogens with one attached hydrogen (secondary N) is 2. The van der Waals surface area contributed by atoms with Crippen LogP contribution in [0.2, 0.25) is 0 Å². The Bertz CT molecular complexity index is 960. The molecule has 1 aliphatic rings. The van der Waals surface area contributed by atoms with Gasteiger partial charge in [-0.2, -0.15) is 10.2 Å². The van der Waals surface area contributed by atoms with Crippen molar-refractivity contribution >= 4 is 11.7 Å². The third kappa shape index (κ3) is 3.74. The maximum Gasteiger partial charge on any atom is 0.263 e. The highest BCUT2D eigenvalue weighted by Gasteiger charge is 2.26. The third-order valence-corrected chi connectivity index (χ3v) is 4.73. The lowest BCUT2D eigenvalue weighted by atomic mass is 10.0. The van der Waals surface area contributed by atoms with Gasteiger partial charge in [-0.1, -0.05) is 12.1 Å². The van der Waals surface area contributed by atoms with Crippen LogP contribution in [0.25, 0.3) is 5.69 Å². The molecule has 0 unspecified atom stereocenters. The van der Waals surface area contributed by atoms with Gasteiger partial charge in [0.15, 0.2) is 0 Å². The van der Waals surface area contributed by atoms with Gasteiger partial charge in [0.2, 0.25) is 5.91 Å². The summed E-state index contributed by atoms with van der Waals surface area (Å²) in [5.41, 5.74) is 2.12. The highest BCUT2D eigenvalue weighted by molar-refractivity contribution is 5.94. The van der Waals surface area contributed by atoms with Gasteiger partial charge in [0.1, 0.15) is 5.82 Å². The van der Waals surface area contributed by atoms with Crippen LogP contribution in [0.5, 0.6) is 0 Å². The number of anilines is 1. The number of hydrogen-bond donors (Lipinski definition) is 2. The zero-order chi connectivity index (χ0) is 19.0. The number of hydrogen-bond acceptors (Lipinski definition) is 3. The molecule has 1 amide bonds. The van der Waals surface area contributed by atoms with E-state index in [2.05, 4.69) is 20.6 Å². The first-order valence-electron chi connectivity index (χ1n) is 8.80. The van der Waals surface area contributed by atoms with Crippen LogP contribution in [-0.2, 0) is 4.79 Å². The van der Waals surface area contributed by atoms with E-state index < -0.39 is 12.3 Å². The lowest BCUT2D eigenvalue weighted by Gasteiger charge is -2.09. The number of rotatable bonds is 6. The molecule has 3 aromatic rings. The van der Waals surface area contributed by atoms with Gasteiger partial charge in [0.25, 0.3) is 6.43 Å². The Hall–Kier alpha value is -3.03. The molecule has 27 heavy (non-hydrogen) atoms. The number of carbonyl (C=O) groups excluding carboxylic acids is 1. The van der Waals surface area contributed by atoms with E-state index in [0.717, 1.165) is 18.5 Å². The fourth-order valence-corrected chi connectivity index (χ4v) is 2.89. The highest BCUT2D eigenvalue weighted by atomic mass is 19.3. The maximum atomic E-state index is 12.9. The quantitative estimate of drug-likeness (QED) is 0.683. The molecule has 2 N–H and O–H groups in total. The van der Waals surface area contributed by atoms with Gasteiger partial charge >= 0.3 is 0 Å². The summed E-state index contributed by atoms with van der Waals surface area (Å²) in [6, 6.07) is 7.87. The number of benzene rings is 1. The monoisotopic (exact) mass is 371 g/mol. The molecule has 0 radical (unpaired) electrons. The largest absolute Gasteiger partial charge is 0.311 e. The lowest BCUT2D eigenvalue weighted by molar-refractivity contribution is -0.117. The Morgan fingerprint density at radius 1 is 1.30 bits per heavy atom. The van der Waals surface area contributed by atoms with Crippen molar-refractivity contribution in [2.75, 3.05) is 5.32 Å². The number of nitrogens with zero attached hydrogens (tertiary/aromatic N) is 3. The summed E-state index contributed by atoms with van der Waals surface area (Å²) in [6.07, 6.45) is 2.99. The van der Waals surface area contributed by atoms with Crippen LogP contribution in [0.1, 0.15) is 54.8 Å². The van der Waals surface area contributed by atoms with Gasteiger partial charge in [0.05, 0.1) is 23.5 Å². The molecule has 0 bridgehead atoms. The van der Waals surface area contributed by atoms with Crippen LogP contribution >= 0.6 is 0 Å². The number of aromatic amines is 1. The molecule has 6 nitrogen and oxygen atoms in total. The molecular weight excluding hydrogens is 352 g/mol. The number of alkyl halides is 2. The number of carbonyl (C=O) groups is 1. The predicted octanol–water partition coefficient (Wildman–Crippen LogP) is 4.15. The van der Waals surface area contributed by atoms with Crippen molar-refractivity contribution in [3.63, 3.8) is 0 Å². The van der Waals surface area contributed by atoms with E-state index in [1.807, 2.05) is 6.07 Å². The fourth-order valence-electron chi connectivity index (χ4n) is 2.89. The number of aromatic nitrogens is 4. The van der Waals surface area contributed by atoms with Gasteiger partial charge in [-0.3, -0.25) is 9.89 Å². The summed E-state index contributed by atoms with van der Waals surface area (Å²) in [5, 5.41) is 14.1. The topological polar surface area (TPSA) is 75.6 Å². The smallest absolute Gasteiger partial charge is 0.263 e. The molecule has 1 atom stereocenters. The molecule has 4 rings (SSSR count). The molecule has 2 aromatic heterocycles. The van der Waals surface area contributed by atoms with Crippen LogP contribution in [0.15, 0.2) is 42.7 Å².